The Morgan fingerprint density at radius 1 is 0.947 bits per heavy atom. The predicted molar refractivity (Wildman–Crippen MR) is 66.1 cm³/mol. The molecule has 3 rings (SSSR count). The van der Waals surface area contributed by atoms with Crippen LogP contribution in [0.2, 0.25) is 0 Å². The van der Waals surface area contributed by atoms with Crippen molar-refractivity contribution in [3.05, 3.63) is 0 Å². The first-order chi connectivity index (χ1) is 9.08. The Bertz CT molecular complexity index is 386. The molecule has 2 saturated heterocycles. The summed E-state index contributed by atoms with van der Waals surface area (Å²) in [5, 5.41) is 19.0. The largest absolute Gasteiger partial charge is 0.388 e. The summed E-state index contributed by atoms with van der Waals surface area (Å²) < 4.78 is 0. The Labute approximate surface area is 112 Å². The van der Waals surface area contributed by atoms with E-state index in [1.54, 1.807) is 4.90 Å². The molecule has 3 aliphatic rings. The molecule has 2 heterocycles. The molecule has 0 aromatic carbocycles. The Morgan fingerprint density at radius 3 is 2.16 bits per heavy atom. The maximum Gasteiger partial charge on any atom is 0.245 e. The van der Waals surface area contributed by atoms with E-state index in [1.165, 1.54) is 4.90 Å². The molecule has 3 atom stereocenters. The number of carbonyl (C=O) groups excluding carboxylic acids is 2. The number of β-amino-alcohol motifs (C(OH)–C–C–N with tert-alkyl or cyclic N) is 2. The summed E-state index contributed by atoms with van der Waals surface area (Å²) in [5.41, 5.74) is 0. The SMILES string of the molecule is O=C(C1CCCN1C(=O)C1CC1)N1C[C@@H](O)[C@@H](O)C1. The zero-order valence-corrected chi connectivity index (χ0v) is 10.9. The van der Waals surface area contributed by atoms with Crippen LogP contribution in [0.1, 0.15) is 25.7 Å². The second kappa shape index (κ2) is 4.76. The van der Waals surface area contributed by atoms with E-state index in [0.717, 1.165) is 19.3 Å². The number of rotatable bonds is 2. The molecule has 19 heavy (non-hydrogen) atoms. The van der Waals surface area contributed by atoms with Crippen molar-refractivity contribution in [2.24, 2.45) is 5.92 Å². The number of aliphatic hydroxyl groups excluding tert-OH is 2. The van der Waals surface area contributed by atoms with Crippen LogP contribution in [0.3, 0.4) is 0 Å². The van der Waals surface area contributed by atoms with E-state index in [0.29, 0.717) is 13.0 Å². The van der Waals surface area contributed by atoms with Crippen molar-refractivity contribution in [1.29, 1.82) is 0 Å². The Balaban J connectivity index is 1.67. The monoisotopic (exact) mass is 268 g/mol. The Kier molecular flexibility index (Phi) is 3.22. The van der Waals surface area contributed by atoms with Gasteiger partial charge in [0, 0.05) is 25.6 Å². The van der Waals surface area contributed by atoms with E-state index in [9.17, 15) is 19.8 Å². The summed E-state index contributed by atoms with van der Waals surface area (Å²) in [5.74, 6) is 0.112. The average Bonchev–Trinajstić information content (AvgIpc) is 3.03. The molecule has 6 heteroatoms. The van der Waals surface area contributed by atoms with Crippen LogP contribution in [0.4, 0.5) is 0 Å². The van der Waals surface area contributed by atoms with Crippen molar-refractivity contribution < 1.29 is 19.8 Å². The van der Waals surface area contributed by atoms with Gasteiger partial charge in [-0.05, 0) is 25.7 Å². The van der Waals surface area contributed by atoms with Crippen molar-refractivity contribution in [1.82, 2.24) is 9.80 Å². The lowest BCUT2D eigenvalue weighted by Crippen LogP contribution is -2.47. The maximum atomic E-state index is 12.4. The summed E-state index contributed by atoms with van der Waals surface area (Å²) in [6, 6.07) is -0.384. The van der Waals surface area contributed by atoms with E-state index in [4.69, 9.17) is 0 Å². The third kappa shape index (κ3) is 2.34. The summed E-state index contributed by atoms with van der Waals surface area (Å²) in [6.45, 7) is 0.995. The summed E-state index contributed by atoms with van der Waals surface area (Å²) in [4.78, 5) is 27.7. The first-order valence-electron chi connectivity index (χ1n) is 7.03. The fourth-order valence-electron chi connectivity index (χ4n) is 3.01. The molecule has 1 saturated carbocycles. The fourth-order valence-corrected chi connectivity index (χ4v) is 3.01. The summed E-state index contributed by atoms with van der Waals surface area (Å²) >= 11 is 0. The van der Waals surface area contributed by atoms with Gasteiger partial charge in [-0.3, -0.25) is 9.59 Å². The molecule has 0 bridgehead atoms. The number of carbonyl (C=O) groups is 2. The third-order valence-electron chi connectivity index (χ3n) is 4.32. The van der Waals surface area contributed by atoms with Crippen molar-refractivity contribution in [3.8, 4) is 0 Å². The molecule has 3 fully saturated rings. The van der Waals surface area contributed by atoms with Crippen LogP contribution in [0.25, 0.3) is 0 Å². The standard InChI is InChI=1S/C13H20N2O4/c16-10-6-14(7-11(10)17)13(19)9-2-1-5-15(9)12(18)8-3-4-8/h8-11,16-17H,1-7H2/t9?,10-,11+. The topological polar surface area (TPSA) is 81.1 Å². The Hall–Kier alpha value is -1.14. The number of amides is 2. The first kappa shape index (κ1) is 12.9. The molecule has 0 spiro atoms. The molecule has 0 aromatic heterocycles. The van der Waals surface area contributed by atoms with Gasteiger partial charge in [0.2, 0.25) is 11.8 Å². The van der Waals surface area contributed by atoms with Gasteiger partial charge in [-0.1, -0.05) is 0 Å². The normalized spacial score (nSPS) is 34.9. The summed E-state index contributed by atoms with van der Waals surface area (Å²) in [7, 11) is 0. The minimum absolute atomic E-state index is 0.108. The lowest BCUT2D eigenvalue weighted by atomic mass is 10.2. The van der Waals surface area contributed by atoms with Gasteiger partial charge in [0.15, 0.2) is 0 Å². The molecule has 2 N–H and O–H groups in total. The predicted octanol–water partition coefficient (Wildman–Crippen LogP) is -1.05. The average molecular weight is 268 g/mol. The quantitative estimate of drug-likeness (QED) is 0.670. The molecular weight excluding hydrogens is 248 g/mol. The third-order valence-corrected chi connectivity index (χ3v) is 4.32. The smallest absolute Gasteiger partial charge is 0.245 e. The minimum Gasteiger partial charge on any atom is -0.388 e. The van der Waals surface area contributed by atoms with Crippen LogP contribution in [0.15, 0.2) is 0 Å². The Morgan fingerprint density at radius 2 is 1.58 bits per heavy atom. The van der Waals surface area contributed by atoms with Crippen molar-refractivity contribution in [2.45, 2.75) is 43.9 Å². The molecular formula is C13H20N2O4. The molecule has 2 aliphatic heterocycles. The zero-order valence-electron chi connectivity index (χ0n) is 10.9. The van der Waals surface area contributed by atoms with Crippen molar-refractivity contribution in [3.63, 3.8) is 0 Å². The number of hydrogen-bond donors (Lipinski definition) is 2. The number of aliphatic hydroxyl groups is 2. The fraction of sp³-hybridized carbons (Fsp3) is 0.846. The van der Waals surface area contributed by atoms with Crippen LogP contribution >= 0.6 is 0 Å². The lowest BCUT2D eigenvalue weighted by molar-refractivity contribution is -0.144. The van der Waals surface area contributed by atoms with E-state index in [-0.39, 0.29) is 36.9 Å². The van der Waals surface area contributed by atoms with Gasteiger partial charge in [0.25, 0.3) is 0 Å². The summed E-state index contributed by atoms with van der Waals surface area (Å²) in [6.07, 6.45) is 1.71. The molecule has 6 nitrogen and oxygen atoms in total. The van der Waals surface area contributed by atoms with E-state index in [2.05, 4.69) is 0 Å². The first-order valence-corrected chi connectivity index (χ1v) is 7.03. The van der Waals surface area contributed by atoms with Gasteiger partial charge in [-0.2, -0.15) is 0 Å². The van der Waals surface area contributed by atoms with Crippen LogP contribution in [-0.4, -0.2) is 69.7 Å². The van der Waals surface area contributed by atoms with Gasteiger partial charge < -0.3 is 20.0 Å². The lowest BCUT2D eigenvalue weighted by Gasteiger charge is -2.27. The number of nitrogens with zero attached hydrogens (tertiary/aromatic N) is 2. The second-order valence-electron chi connectivity index (χ2n) is 5.84. The van der Waals surface area contributed by atoms with Crippen LogP contribution in [0, 0.1) is 5.92 Å². The van der Waals surface area contributed by atoms with Crippen molar-refractivity contribution in [2.75, 3.05) is 19.6 Å². The molecule has 0 radical (unpaired) electrons. The second-order valence-corrected chi connectivity index (χ2v) is 5.84. The highest BCUT2D eigenvalue weighted by molar-refractivity contribution is 5.90. The van der Waals surface area contributed by atoms with Gasteiger partial charge in [-0.15, -0.1) is 0 Å². The highest BCUT2D eigenvalue weighted by Crippen LogP contribution is 2.34. The minimum atomic E-state index is -0.863. The number of hydrogen-bond acceptors (Lipinski definition) is 4. The van der Waals surface area contributed by atoms with Gasteiger partial charge in [0.1, 0.15) is 6.04 Å². The molecule has 1 aliphatic carbocycles. The van der Waals surface area contributed by atoms with Crippen molar-refractivity contribution >= 4 is 11.8 Å². The number of likely N-dealkylation sites (tertiary alicyclic amines) is 2. The van der Waals surface area contributed by atoms with Gasteiger partial charge >= 0.3 is 0 Å². The highest BCUT2D eigenvalue weighted by Gasteiger charge is 2.44. The van der Waals surface area contributed by atoms with Gasteiger partial charge in [-0.25, -0.2) is 0 Å². The molecule has 1 unspecified atom stereocenters. The highest BCUT2D eigenvalue weighted by atomic mass is 16.3. The molecule has 106 valence electrons. The van der Waals surface area contributed by atoms with E-state index in [1.807, 2.05) is 0 Å². The maximum absolute atomic E-state index is 12.4. The van der Waals surface area contributed by atoms with Gasteiger partial charge in [0.05, 0.1) is 12.2 Å². The molecule has 2 amide bonds. The van der Waals surface area contributed by atoms with Crippen LogP contribution in [0.5, 0.6) is 0 Å². The molecule has 0 aromatic rings. The van der Waals surface area contributed by atoms with Crippen LogP contribution in [-0.2, 0) is 9.59 Å². The van der Waals surface area contributed by atoms with E-state index >= 15 is 0 Å². The zero-order chi connectivity index (χ0) is 13.6. The van der Waals surface area contributed by atoms with E-state index < -0.39 is 12.2 Å². The van der Waals surface area contributed by atoms with Crippen LogP contribution < -0.4 is 0 Å².